The van der Waals surface area contributed by atoms with E-state index in [9.17, 15) is 10.1 Å². The van der Waals surface area contributed by atoms with Crippen LogP contribution >= 0.6 is 11.8 Å². The normalized spacial score (nSPS) is 12.2. The van der Waals surface area contributed by atoms with Gasteiger partial charge >= 0.3 is 5.82 Å². The Balaban J connectivity index is 2.20. The van der Waals surface area contributed by atoms with Crippen molar-refractivity contribution in [2.75, 3.05) is 11.6 Å². The predicted molar refractivity (Wildman–Crippen MR) is 80.1 cm³/mol. The summed E-state index contributed by atoms with van der Waals surface area (Å²) in [6.07, 6.45) is 3.46. The molecule has 0 aliphatic rings. The monoisotopic (exact) mass is 292 g/mol. The molecule has 1 unspecified atom stereocenters. The van der Waals surface area contributed by atoms with Crippen molar-refractivity contribution in [1.29, 1.82) is 0 Å². The second-order valence-corrected chi connectivity index (χ2v) is 5.30. The first-order valence-corrected chi connectivity index (χ1v) is 7.31. The summed E-state index contributed by atoms with van der Waals surface area (Å²) >= 11 is 1.68. The molecule has 0 fully saturated rings. The zero-order valence-electron chi connectivity index (χ0n) is 11.5. The summed E-state index contributed by atoms with van der Waals surface area (Å²) in [4.78, 5) is 15.4. The maximum atomic E-state index is 10.9. The minimum atomic E-state index is -0.480. The van der Waals surface area contributed by atoms with E-state index in [1.165, 1.54) is 11.2 Å². The zero-order chi connectivity index (χ0) is 14.7. The molecule has 0 aliphatic carbocycles. The highest BCUT2D eigenvalue weighted by Gasteiger charge is 2.21. The minimum Gasteiger partial charge on any atom is -0.358 e. The van der Waals surface area contributed by atoms with Crippen LogP contribution in [0.15, 0.2) is 35.5 Å². The second-order valence-electron chi connectivity index (χ2n) is 4.42. The summed E-state index contributed by atoms with van der Waals surface area (Å²) < 4.78 is 1.62. The highest BCUT2D eigenvalue weighted by Crippen LogP contribution is 2.27. The largest absolute Gasteiger partial charge is 0.406 e. The lowest BCUT2D eigenvalue weighted by atomic mass is 10.1. The molecule has 1 aromatic carbocycles. The van der Waals surface area contributed by atoms with Gasteiger partial charge in [0.15, 0.2) is 0 Å². The van der Waals surface area contributed by atoms with Gasteiger partial charge in [-0.2, -0.15) is 0 Å². The Morgan fingerprint density at radius 2 is 2.05 bits per heavy atom. The van der Waals surface area contributed by atoms with Gasteiger partial charge in [0.2, 0.25) is 12.1 Å². The van der Waals surface area contributed by atoms with E-state index in [1.54, 1.807) is 23.4 Å². The van der Waals surface area contributed by atoms with Crippen molar-refractivity contribution >= 4 is 23.4 Å². The molecule has 0 radical (unpaired) electrons. The fraction of sp³-hybridized carbons (Fsp3) is 0.308. The number of aromatic nitrogens is 2. The van der Waals surface area contributed by atoms with Crippen molar-refractivity contribution < 1.29 is 4.92 Å². The summed E-state index contributed by atoms with van der Waals surface area (Å²) in [5.74, 6) is 0.261. The topological polar surface area (TPSA) is 73.0 Å². The minimum absolute atomic E-state index is 0.0417. The number of aryl methyl sites for hydroxylation is 1. The number of nitro groups is 1. The van der Waals surface area contributed by atoms with Crippen LogP contribution in [-0.2, 0) is 7.05 Å². The Morgan fingerprint density at radius 3 is 2.60 bits per heavy atom. The van der Waals surface area contributed by atoms with Gasteiger partial charge in [-0.25, -0.2) is 0 Å². The molecule has 0 amide bonds. The molecule has 0 saturated carbocycles. The summed E-state index contributed by atoms with van der Waals surface area (Å²) in [6.45, 7) is 1.96. The SMILES string of the molecule is CSc1ccc(C(C)Nc2c([N+](=O)[O-])ncn2C)cc1. The van der Waals surface area contributed by atoms with Gasteiger partial charge in [0.1, 0.15) is 0 Å². The van der Waals surface area contributed by atoms with Gasteiger partial charge in [0.25, 0.3) is 0 Å². The molecule has 0 bridgehead atoms. The van der Waals surface area contributed by atoms with Crippen molar-refractivity contribution in [1.82, 2.24) is 9.55 Å². The molecule has 0 aliphatic heterocycles. The van der Waals surface area contributed by atoms with E-state index in [2.05, 4.69) is 10.3 Å². The van der Waals surface area contributed by atoms with E-state index in [1.807, 2.05) is 37.4 Å². The molecule has 0 spiro atoms. The molecule has 1 heterocycles. The van der Waals surface area contributed by atoms with Gasteiger partial charge in [-0.15, -0.1) is 11.8 Å². The fourth-order valence-corrected chi connectivity index (χ4v) is 2.31. The zero-order valence-corrected chi connectivity index (χ0v) is 12.3. The van der Waals surface area contributed by atoms with Gasteiger partial charge < -0.3 is 15.4 Å². The van der Waals surface area contributed by atoms with Crippen LogP contribution < -0.4 is 5.32 Å². The molecule has 20 heavy (non-hydrogen) atoms. The number of hydrogen-bond acceptors (Lipinski definition) is 5. The van der Waals surface area contributed by atoms with Crippen molar-refractivity contribution in [3.05, 3.63) is 46.3 Å². The van der Waals surface area contributed by atoms with Crippen molar-refractivity contribution in [2.45, 2.75) is 17.9 Å². The molecule has 106 valence electrons. The predicted octanol–water partition coefficient (Wildman–Crippen LogP) is 3.22. The molecule has 1 atom stereocenters. The maximum absolute atomic E-state index is 10.9. The number of imidazole rings is 1. The van der Waals surface area contributed by atoms with Gasteiger partial charge in [0, 0.05) is 11.9 Å². The molecule has 1 N–H and O–H groups in total. The molecule has 6 nitrogen and oxygen atoms in total. The highest BCUT2D eigenvalue weighted by molar-refractivity contribution is 7.98. The van der Waals surface area contributed by atoms with Crippen molar-refractivity contribution in [2.24, 2.45) is 7.05 Å². The van der Waals surface area contributed by atoms with E-state index in [0.29, 0.717) is 5.82 Å². The Labute approximate surface area is 121 Å². The third-order valence-electron chi connectivity index (χ3n) is 3.06. The lowest BCUT2D eigenvalue weighted by Crippen LogP contribution is -2.10. The quantitative estimate of drug-likeness (QED) is 0.520. The standard InChI is InChI=1S/C13H16N4O2S/c1-9(10-4-6-11(20-3)7-5-10)15-13-12(17(18)19)14-8-16(13)2/h4-9,15H,1-3H3. The molecule has 2 aromatic rings. The summed E-state index contributed by atoms with van der Waals surface area (Å²) in [5, 5.41) is 14.1. The second kappa shape index (κ2) is 5.96. The van der Waals surface area contributed by atoms with Crippen molar-refractivity contribution in [3.8, 4) is 0 Å². The van der Waals surface area contributed by atoms with E-state index < -0.39 is 4.92 Å². The van der Waals surface area contributed by atoms with E-state index in [0.717, 1.165) is 5.56 Å². The third kappa shape index (κ3) is 2.93. The van der Waals surface area contributed by atoms with Crippen LogP contribution in [0.4, 0.5) is 11.6 Å². The first kappa shape index (κ1) is 14.4. The third-order valence-corrected chi connectivity index (χ3v) is 3.80. The molecular formula is C13H16N4O2S. The Hall–Kier alpha value is -2.02. The van der Waals surface area contributed by atoms with Crippen LogP contribution in [0, 0.1) is 10.1 Å². The average Bonchev–Trinajstić information content (AvgIpc) is 2.80. The number of nitrogens with zero attached hydrogens (tertiary/aromatic N) is 3. The number of nitrogens with one attached hydrogen (secondary N) is 1. The lowest BCUT2D eigenvalue weighted by Gasteiger charge is -2.15. The van der Waals surface area contributed by atoms with Crippen LogP contribution in [0.5, 0.6) is 0 Å². The van der Waals surface area contributed by atoms with Crippen LogP contribution in [0.2, 0.25) is 0 Å². The first-order chi connectivity index (χ1) is 9.52. The van der Waals surface area contributed by atoms with Crippen LogP contribution in [-0.4, -0.2) is 20.7 Å². The maximum Gasteiger partial charge on any atom is 0.406 e. The van der Waals surface area contributed by atoms with Gasteiger partial charge in [-0.1, -0.05) is 12.1 Å². The number of benzene rings is 1. The van der Waals surface area contributed by atoms with Crippen LogP contribution in [0.25, 0.3) is 0 Å². The number of rotatable bonds is 5. The first-order valence-electron chi connectivity index (χ1n) is 6.09. The molecule has 2 rings (SSSR count). The lowest BCUT2D eigenvalue weighted by molar-refractivity contribution is -0.388. The summed E-state index contributed by atoms with van der Waals surface area (Å²) in [5.41, 5.74) is 1.07. The average molecular weight is 292 g/mol. The van der Waals surface area contributed by atoms with E-state index in [4.69, 9.17) is 0 Å². The van der Waals surface area contributed by atoms with E-state index >= 15 is 0 Å². The van der Waals surface area contributed by atoms with Gasteiger partial charge in [0.05, 0.1) is 6.04 Å². The molecule has 0 saturated heterocycles. The summed E-state index contributed by atoms with van der Waals surface area (Å²) in [6, 6.07) is 8.07. The van der Waals surface area contributed by atoms with E-state index in [-0.39, 0.29) is 11.9 Å². The van der Waals surface area contributed by atoms with Gasteiger partial charge in [-0.3, -0.25) is 4.57 Å². The highest BCUT2D eigenvalue weighted by atomic mass is 32.2. The molecule has 1 aromatic heterocycles. The number of thioether (sulfide) groups is 1. The fourth-order valence-electron chi connectivity index (χ4n) is 1.90. The van der Waals surface area contributed by atoms with Crippen LogP contribution in [0.3, 0.4) is 0 Å². The molecular weight excluding hydrogens is 276 g/mol. The molecule has 7 heteroatoms. The Morgan fingerprint density at radius 1 is 1.40 bits per heavy atom. The van der Waals surface area contributed by atoms with Crippen LogP contribution in [0.1, 0.15) is 18.5 Å². The van der Waals surface area contributed by atoms with Gasteiger partial charge in [-0.05, 0) is 40.8 Å². The number of hydrogen-bond donors (Lipinski definition) is 1. The smallest absolute Gasteiger partial charge is 0.358 e. The van der Waals surface area contributed by atoms with Crippen molar-refractivity contribution in [3.63, 3.8) is 0 Å². The Bertz CT molecular complexity index is 609. The summed E-state index contributed by atoms with van der Waals surface area (Å²) in [7, 11) is 1.73. The Kier molecular flexibility index (Phi) is 4.29. The number of anilines is 1.